The van der Waals surface area contributed by atoms with Crippen molar-refractivity contribution in [3.63, 3.8) is 0 Å². The molecule has 1 N–H and O–H groups in total. The number of halogens is 3. The molecule has 1 aromatic heterocycles. The van der Waals surface area contributed by atoms with E-state index in [2.05, 4.69) is 9.88 Å². The van der Waals surface area contributed by atoms with E-state index in [0.717, 1.165) is 37.1 Å². The van der Waals surface area contributed by atoms with Gasteiger partial charge in [-0.2, -0.15) is 13.2 Å². The Labute approximate surface area is 136 Å². The molecule has 1 fully saturated rings. The summed E-state index contributed by atoms with van der Waals surface area (Å²) in [6, 6.07) is 4.63. The molecule has 24 heavy (non-hydrogen) atoms. The number of alkyl halides is 3. The van der Waals surface area contributed by atoms with Gasteiger partial charge in [0, 0.05) is 5.92 Å². The fourth-order valence-electron chi connectivity index (χ4n) is 2.35. The molecular formula is C15H15F3N2O3S. The lowest BCUT2D eigenvalue weighted by Crippen LogP contribution is -2.15. The van der Waals surface area contributed by atoms with Crippen LogP contribution in [-0.4, -0.2) is 19.8 Å². The van der Waals surface area contributed by atoms with Crippen LogP contribution in [0.5, 0.6) is 0 Å². The SMILES string of the molecule is Cc1noc(C2CC2)c1NS(=O)(=O)c1ccc(CC(F)(F)F)cc1. The minimum atomic E-state index is -4.34. The van der Waals surface area contributed by atoms with Crippen LogP contribution in [0.4, 0.5) is 18.9 Å². The number of nitrogens with zero attached hydrogens (tertiary/aromatic N) is 1. The first kappa shape index (κ1) is 16.8. The first-order valence-corrected chi connectivity index (χ1v) is 8.79. The highest BCUT2D eigenvalue weighted by atomic mass is 32.2. The quantitative estimate of drug-likeness (QED) is 0.881. The zero-order chi connectivity index (χ0) is 17.5. The fourth-order valence-corrected chi connectivity index (χ4v) is 3.48. The molecule has 0 unspecified atom stereocenters. The van der Waals surface area contributed by atoms with Crippen LogP contribution >= 0.6 is 0 Å². The number of rotatable bonds is 5. The fraction of sp³-hybridized carbons (Fsp3) is 0.400. The number of aryl methyl sites for hydroxylation is 1. The van der Waals surface area contributed by atoms with Crippen LogP contribution in [-0.2, 0) is 16.4 Å². The number of hydrogen-bond acceptors (Lipinski definition) is 4. The average molecular weight is 360 g/mol. The second-order valence-electron chi connectivity index (χ2n) is 5.82. The molecule has 0 saturated heterocycles. The van der Waals surface area contributed by atoms with E-state index in [0.29, 0.717) is 17.1 Å². The highest BCUT2D eigenvalue weighted by Gasteiger charge is 2.33. The van der Waals surface area contributed by atoms with E-state index >= 15 is 0 Å². The van der Waals surface area contributed by atoms with Crippen molar-refractivity contribution in [2.24, 2.45) is 0 Å². The lowest BCUT2D eigenvalue weighted by Gasteiger charge is -2.10. The summed E-state index contributed by atoms with van der Waals surface area (Å²) in [4.78, 5) is -0.115. The van der Waals surface area contributed by atoms with Crippen LogP contribution in [0.3, 0.4) is 0 Å². The average Bonchev–Trinajstić information content (AvgIpc) is 3.24. The van der Waals surface area contributed by atoms with Crippen LogP contribution in [0.1, 0.15) is 35.8 Å². The Morgan fingerprint density at radius 3 is 2.42 bits per heavy atom. The maximum Gasteiger partial charge on any atom is 0.393 e. The Morgan fingerprint density at radius 2 is 1.88 bits per heavy atom. The van der Waals surface area contributed by atoms with Gasteiger partial charge in [0.1, 0.15) is 11.4 Å². The lowest BCUT2D eigenvalue weighted by atomic mass is 10.1. The van der Waals surface area contributed by atoms with Crippen molar-refractivity contribution < 1.29 is 26.1 Å². The molecule has 1 aliphatic carbocycles. The van der Waals surface area contributed by atoms with E-state index in [1.165, 1.54) is 0 Å². The Morgan fingerprint density at radius 1 is 1.25 bits per heavy atom. The van der Waals surface area contributed by atoms with Crippen molar-refractivity contribution in [2.75, 3.05) is 4.72 Å². The van der Waals surface area contributed by atoms with Crippen molar-refractivity contribution >= 4 is 15.7 Å². The number of aromatic nitrogens is 1. The molecule has 0 radical (unpaired) electrons. The minimum Gasteiger partial charge on any atom is -0.359 e. The van der Waals surface area contributed by atoms with Crippen LogP contribution in [0, 0.1) is 6.92 Å². The molecule has 0 atom stereocenters. The maximum atomic E-state index is 12.4. The normalized spacial score (nSPS) is 15.5. The molecule has 9 heteroatoms. The number of nitrogens with one attached hydrogen (secondary N) is 1. The highest BCUT2D eigenvalue weighted by Crippen LogP contribution is 2.44. The standard InChI is InChI=1S/C15H15F3N2O3S/c1-9-13(14(23-19-9)11-4-5-11)20-24(21,22)12-6-2-10(3-7-12)8-15(16,17)18/h2-3,6-7,11,20H,4-5,8H2,1H3. The lowest BCUT2D eigenvalue weighted by molar-refractivity contribution is -0.127. The summed E-state index contributed by atoms with van der Waals surface area (Å²) in [5, 5.41) is 3.78. The largest absolute Gasteiger partial charge is 0.393 e. The molecule has 2 aromatic rings. The summed E-state index contributed by atoms with van der Waals surface area (Å²) < 4.78 is 69.5. The van der Waals surface area contributed by atoms with Crippen molar-refractivity contribution in [1.82, 2.24) is 5.16 Å². The van der Waals surface area contributed by atoms with Crippen LogP contribution < -0.4 is 4.72 Å². The molecule has 130 valence electrons. The van der Waals surface area contributed by atoms with Crippen molar-refractivity contribution in [3.05, 3.63) is 41.3 Å². The molecular weight excluding hydrogens is 345 g/mol. The predicted octanol–water partition coefficient (Wildman–Crippen LogP) is 3.77. The van der Waals surface area contributed by atoms with Gasteiger partial charge in [-0.1, -0.05) is 17.3 Å². The smallest absolute Gasteiger partial charge is 0.359 e. The van der Waals surface area contributed by atoms with Gasteiger partial charge in [-0.05, 0) is 37.5 Å². The topological polar surface area (TPSA) is 72.2 Å². The molecule has 0 amide bonds. The molecule has 1 aliphatic rings. The number of benzene rings is 1. The predicted molar refractivity (Wildman–Crippen MR) is 80.2 cm³/mol. The van der Waals surface area contributed by atoms with Crippen LogP contribution in [0.25, 0.3) is 0 Å². The first-order valence-electron chi connectivity index (χ1n) is 7.30. The van der Waals surface area contributed by atoms with Crippen molar-refractivity contribution in [2.45, 2.75) is 43.2 Å². The van der Waals surface area contributed by atoms with Crippen LogP contribution in [0.2, 0.25) is 0 Å². The second kappa shape index (κ2) is 5.80. The first-order chi connectivity index (χ1) is 11.2. The zero-order valence-corrected chi connectivity index (χ0v) is 13.5. The third kappa shape index (κ3) is 3.72. The Hall–Kier alpha value is -2.03. The van der Waals surface area contributed by atoms with Crippen molar-refractivity contribution in [1.29, 1.82) is 0 Å². The minimum absolute atomic E-state index is 0.00118. The van der Waals surface area contributed by atoms with Crippen LogP contribution in [0.15, 0.2) is 33.7 Å². The van der Waals surface area contributed by atoms with E-state index in [4.69, 9.17) is 4.52 Å². The highest BCUT2D eigenvalue weighted by molar-refractivity contribution is 7.92. The van der Waals surface area contributed by atoms with Gasteiger partial charge in [0.25, 0.3) is 10.0 Å². The zero-order valence-electron chi connectivity index (χ0n) is 12.7. The van der Waals surface area contributed by atoms with Crippen molar-refractivity contribution in [3.8, 4) is 0 Å². The van der Waals surface area contributed by atoms with E-state index < -0.39 is 22.6 Å². The van der Waals surface area contributed by atoms with Gasteiger partial charge in [0.05, 0.1) is 11.3 Å². The Kier molecular flexibility index (Phi) is 4.06. The molecule has 1 heterocycles. The summed E-state index contributed by atoms with van der Waals surface area (Å²) in [5.41, 5.74) is 0.743. The molecule has 0 bridgehead atoms. The molecule has 0 aliphatic heterocycles. The Bertz CT molecular complexity index is 838. The monoisotopic (exact) mass is 360 g/mol. The number of sulfonamides is 1. The van der Waals surface area contributed by atoms with E-state index in [1.807, 2.05) is 0 Å². The van der Waals surface area contributed by atoms with Gasteiger partial charge in [-0.25, -0.2) is 8.42 Å². The number of anilines is 1. The molecule has 5 nitrogen and oxygen atoms in total. The number of hydrogen-bond donors (Lipinski definition) is 1. The van der Waals surface area contributed by atoms with Gasteiger partial charge < -0.3 is 4.52 Å². The van der Waals surface area contributed by atoms with E-state index in [1.54, 1.807) is 6.92 Å². The van der Waals surface area contributed by atoms with Gasteiger partial charge in [0.2, 0.25) is 0 Å². The second-order valence-corrected chi connectivity index (χ2v) is 7.51. The third-order valence-corrected chi connectivity index (χ3v) is 5.08. The van der Waals surface area contributed by atoms with Gasteiger partial charge >= 0.3 is 6.18 Å². The molecule has 1 aromatic carbocycles. The summed E-state index contributed by atoms with van der Waals surface area (Å²) in [6.45, 7) is 1.62. The summed E-state index contributed by atoms with van der Waals surface area (Å²) in [6.07, 6.45) is -3.61. The van der Waals surface area contributed by atoms with E-state index in [-0.39, 0.29) is 16.4 Å². The third-order valence-electron chi connectivity index (χ3n) is 3.71. The van der Waals surface area contributed by atoms with E-state index in [9.17, 15) is 21.6 Å². The van der Waals surface area contributed by atoms with Gasteiger partial charge in [-0.3, -0.25) is 4.72 Å². The molecule has 1 saturated carbocycles. The molecule has 0 spiro atoms. The van der Waals surface area contributed by atoms with Gasteiger partial charge in [-0.15, -0.1) is 0 Å². The van der Waals surface area contributed by atoms with Gasteiger partial charge in [0.15, 0.2) is 5.76 Å². The maximum absolute atomic E-state index is 12.4. The molecule has 3 rings (SSSR count). The summed E-state index contributed by atoms with van der Waals surface area (Å²) >= 11 is 0. The Balaban J connectivity index is 1.82. The summed E-state index contributed by atoms with van der Waals surface area (Å²) in [5.74, 6) is 0.669. The summed E-state index contributed by atoms with van der Waals surface area (Å²) in [7, 11) is -3.93.